The second-order valence-electron chi connectivity index (χ2n) is 4.67. The monoisotopic (exact) mass is 287 g/mol. The standard InChI is InChI=1S/C16H14FNO3/c1-18(10-11-2-8-14(17)9-3-11)15(19)12-4-6-13(7-5-12)16(20)21/h2-9H,10H2,1H3,(H,20,21). The Hall–Kier alpha value is -2.69. The first-order chi connectivity index (χ1) is 9.97. The van der Waals surface area contributed by atoms with Gasteiger partial charge in [-0.15, -0.1) is 0 Å². The summed E-state index contributed by atoms with van der Waals surface area (Å²) in [4.78, 5) is 24.4. The van der Waals surface area contributed by atoms with Crippen LogP contribution in [0.4, 0.5) is 4.39 Å². The number of halogens is 1. The lowest BCUT2D eigenvalue weighted by atomic mass is 10.1. The van der Waals surface area contributed by atoms with E-state index in [4.69, 9.17) is 5.11 Å². The molecule has 1 N–H and O–H groups in total. The zero-order chi connectivity index (χ0) is 15.4. The van der Waals surface area contributed by atoms with Gasteiger partial charge in [-0.25, -0.2) is 9.18 Å². The molecule has 1 amide bonds. The van der Waals surface area contributed by atoms with Crippen LogP contribution in [0.15, 0.2) is 48.5 Å². The van der Waals surface area contributed by atoms with E-state index >= 15 is 0 Å². The third-order valence-corrected chi connectivity index (χ3v) is 3.06. The minimum atomic E-state index is -1.03. The molecule has 0 saturated carbocycles. The lowest BCUT2D eigenvalue weighted by Gasteiger charge is -2.17. The molecule has 0 radical (unpaired) electrons. The molecule has 4 nitrogen and oxygen atoms in total. The number of amides is 1. The molecule has 0 heterocycles. The predicted molar refractivity (Wildman–Crippen MR) is 75.6 cm³/mol. The summed E-state index contributed by atoms with van der Waals surface area (Å²) in [6.07, 6.45) is 0. The first-order valence-electron chi connectivity index (χ1n) is 6.30. The molecule has 0 saturated heterocycles. The van der Waals surface area contributed by atoms with E-state index < -0.39 is 5.97 Å². The highest BCUT2D eigenvalue weighted by Gasteiger charge is 2.13. The summed E-state index contributed by atoms with van der Waals surface area (Å²) in [6.45, 7) is 0.347. The molecule has 0 aliphatic heterocycles. The van der Waals surface area contributed by atoms with Crippen LogP contribution in [0.25, 0.3) is 0 Å². The van der Waals surface area contributed by atoms with Gasteiger partial charge in [0.1, 0.15) is 5.82 Å². The van der Waals surface area contributed by atoms with Gasteiger partial charge in [0.2, 0.25) is 0 Å². The lowest BCUT2D eigenvalue weighted by Crippen LogP contribution is -2.26. The van der Waals surface area contributed by atoms with Crippen molar-refractivity contribution in [1.29, 1.82) is 0 Å². The Morgan fingerprint density at radius 2 is 1.52 bits per heavy atom. The average Bonchev–Trinajstić information content (AvgIpc) is 2.49. The van der Waals surface area contributed by atoms with Gasteiger partial charge in [-0.1, -0.05) is 12.1 Å². The topological polar surface area (TPSA) is 57.6 Å². The smallest absolute Gasteiger partial charge is 0.335 e. The van der Waals surface area contributed by atoms with E-state index in [1.165, 1.54) is 41.3 Å². The second kappa shape index (κ2) is 6.17. The fourth-order valence-corrected chi connectivity index (χ4v) is 1.91. The van der Waals surface area contributed by atoms with Crippen LogP contribution in [0.5, 0.6) is 0 Å². The van der Waals surface area contributed by atoms with Crippen molar-refractivity contribution >= 4 is 11.9 Å². The van der Waals surface area contributed by atoms with Gasteiger partial charge >= 0.3 is 5.97 Å². The Bertz CT molecular complexity index is 650. The number of aromatic carboxylic acids is 1. The van der Waals surface area contributed by atoms with Crippen molar-refractivity contribution in [2.75, 3.05) is 7.05 Å². The number of carboxylic acid groups (broad SMARTS) is 1. The highest BCUT2D eigenvalue weighted by atomic mass is 19.1. The van der Waals surface area contributed by atoms with Crippen LogP contribution in [0.2, 0.25) is 0 Å². The second-order valence-corrected chi connectivity index (χ2v) is 4.67. The van der Waals surface area contributed by atoms with Crippen molar-refractivity contribution in [3.63, 3.8) is 0 Å². The van der Waals surface area contributed by atoms with Crippen LogP contribution < -0.4 is 0 Å². The van der Waals surface area contributed by atoms with E-state index in [0.29, 0.717) is 12.1 Å². The number of nitrogens with zero attached hydrogens (tertiary/aromatic N) is 1. The normalized spacial score (nSPS) is 10.2. The molecular weight excluding hydrogens is 273 g/mol. The number of hydrogen-bond donors (Lipinski definition) is 1. The van der Waals surface area contributed by atoms with Crippen molar-refractivity contribution in [2.24, 2.45) is 0 Å². The maximum absolute atomic E-state index is 12.8. The molecular formula is C16H14FNO3. The summed E-state index contributed by atoms with van der Waals surface area (Å²) in [5.41, 5.74) is 1.35. The molecule has 2 aromatic carbocycles. The first kappa shape index (κ1) is 14.7. The average molecular weight is 287 g/mol. The Morgan fingerprint density at radius 1 is 1.00 bits per heavy atom. The highest BCUT2D eigenvalue weighted by molar-refractivity contribution is 5.95. The van der Waals surface area contributed by atoms with Crippen LogP contribution >= 0.6 is 0 Å². The molecule has 0 aromatic heterocycles. The minimum Gasteiger partial charge on any atom is -0.478 e. The zero-order valence-corrected chi connectivity index (χ0v) is 11.4. The fourth-order valence-electron chi connectivity index (χ4n) is 1.91. The van der Waals surface area contributed by atoms with Gasteiger partial charge in [-0.2, -0.15) is 0 Å². The van der Waals surface area contributed by atoms with E-state index in [9.17, 15) is 14.0 Å². The Balaban J connectivity index is 2.08. The highest BCUT2D eigenvalue weighted by Crippen LogP contribution is 2.11. The van der Waals surface area contributed by atoms with Crippen molar-refractivity contribution in [2.45, 2.75) is 6.54 Å². The molecule has 0 aliphatic carbocycles. The molecule has 0 bridgehead atoms. The molecule has 0 atom stereocenters. The Kier molecular flexibility index (Phi) is 4.33. The number of benzene rings is 2. The molecule has 5 heteroatoms. The van der Waals surface area contributed by atoms with Gasteiger partial charge in [-0.05, 0) is 42.0 Å². The zero-order valence-electron chi connectivity index (χ0n) is 11.4. The summed E-state index contributed by atoms with van der Waals surface area (Å²) in [5, 5.41) is 8.81. The summed E-state index contributed by atoms with van der Waals surface area (Å²) in [5.74, 6) is -1.58. The third kappa shape index (κ3) is 3.66. The number of carbonyl (C=O) groups excluding carboxylic acids is 1. The lowest BCUT2D eigenvalue weighted by molar-refractivity contribution is 0.0695. The van der Waals surface area contributed by atoms with Gasteiger partial charge in [-0.3, -0.25) is 4.79 Å². The van der Waals surface area contributed by atoms with Crippen LogP contribution in [0, 0.1) is 5.82 Å². The van der Waals surface area contributed by atoms with Crippen molar-refractivity contribution in [3.05, 3.63) is 71.0 Å². The molecule has 2 aromatic rings. The number of carbonyl (C=O) groups is 2. The van der Waals surface area contributed by atoms with Gasteiger partial charge in [0, 0.05) is 19.2 Å². The number of rotatable bonds is 4. The molecule has 0 fully saturated rings. The maximum atomic E-state index is 12.8. The van der Waals surface area contributed by atoms with Crippen molar-refractivity contribution < 1.29 is 19.1 Å². The van der Waals surface area contributed by atoms with E-state index in [-0.39, 0.29) is 17.3 Å². The first-order valence-corrected chi connectivity index (χ1v) is 6.30. The predicted octanol–water partition coefficient (Wildman–Crippen LogP) is 2.80. The quantitative estimate of drug-likeness (QED) is 0.940. The third-order valence-electron chi connectivity index (χ3n) is 3.06. The molecule has 0 spiro atoms. The van der Waals surface area contributed by atoms with Crippen LogP contribution in [0.1, 0.15) is 26.3 Å². The number of hydrogen-bond acceptors (Lipinski definition) is 2. The van der Waals surface area contributed by atoms with Gasteiger partial charge in [0.05, 0.1) is 5.56 Å². The Morgan fingerprint density at radius 3 is 2.05 bits per heavy atom. The molecule has 21 heavy (non-hydrogen) atoms. The van der Waals surface area contributed by atoms with E-state index in [2.05, 4.69) is 0 Å². The van der Waals surface area contributed by atoms with Crippen LogP contribution in [0.3, 0.4) is 0 Å². The SMILES string of the molecule is CN(Cc1ccc(F)cc1)C(=O)c1ccc(C(=O)O)cc1. The molecule has 2 rings (SSSR count). The Labute approximate surface area is 121 Å². The van der Waals surface area contributed by atoms with Crippen molar-refractivity contribution in [3.8, 4) is 0 Å². The summed E-state index contributed by atoms with van der Waals surface area (Å²) >= 11 is 0. The van der Waals surface area contributed by atoms with E-state index in [1.54, 1.807) is 19.2 Å². The van der Waals surface area contributed by atoms with E-state index in [1.807, 2.05) is 0 Å². The molecule has 108 valence electrons. The van der Waals surface area contributed by atoms with Gasteiger partial charge in [0.25, 0.3) is 5.91 Å². The molecule has 0 unspecified atom stereocenters. The van der Waals surface area contributed by atoms with Crippen LogP contribution in [-0.2, 0) is 6.54 Å². The van der Waals surface area contributed by atoms with Crippen molar-refractivity contribution in [1.82, 2.24) is 4.90 Å². The van der Waals surface area contributed by atoms with Gasteiger partial charge in [0.15, 0.2) is 0 Å². The maximum Gasteiger partial charge on any atom is 0.335 e. The summed E-state index contributed by atoms with van der Waals surface area (Å²) < 4.78 is 12.8. The van der Waals surface area contributed by atoms with Gasteiger partial charge < -0.3 is 10.0 Å². The summed E-state index contributed by atoms with van der Waals surface area (Å²) in [7, 11) is 1.64. The minimum absolute atomic E-state index is 0.132. The summed E-state index contributed by atoms with van der Waals surface area (Å²) in [6, 6.07) is 11.7. The molecule has 0 aliphatic rings. The van der Waals surface area contributed by atoms with Crippen LogP contribution in [-0.4, -0.2) is 28.9 Å². The van der Waals surface area contributed by atoms with E-state index in [0.717, 1.165) is 5.56 Å². The number of carboxylic acids is 1. The fraction of sp³-hybridized carbons (Fsp3) is 0.125. The largest absolute Gasteiger partial charge is 0.478 e.